The molecule has 1 aromatic carbocycles. The number of likely N-dealkylation sites (tertiary alicyclic amines) is 1. The highest BCUT2D eigenvalue weighted by molar-refractivity contribution is 5.81. The maximum atomic E-state index is 11.1. The second-order valence-corrected chi connectivity index (χ2v) is 7.63. The van der Waals surface area contributed by atoms with Crippen molar-refractivity contribution in [1.82, 2.24) is 24.3 Å². The van der Waals surface area contributed by atoms with Gasteiger partial charge in [-0.3, -0.25) is 4.40 Å². The predicted molar refractivity (Wildman–Crippen MR) is 115 cm³/mol. The maximum Gasteiger partial charge on any atom is 0.407 e. The second-order valence-electron chi connectivity index (χ2n) is 7.63. The van der Waals surface area contributed by atoms with E-state index in [4.69, 9.17) is 19.5 Å². The number of oxazole rings is 1. The molecule has 3 aromatic heterocycles. The maximum absolute atomic E-state index is 11.1. The topological polar surface area (TPSA) is 109 Å². The Bertz CT molecular complexity index is 1240. The number of anilines is 1. The number of benzene rings is 1. The van der Waals surface area contributed by atoms with Crippen LogP contribution < -0.4 is 5.32 Å². The van der Waals surface area contributed by atoms with Gasteiger partial charge in [-0.05, 0) is 31.4 Å². The molecule has 2 N–H and O–H groups in total. The van der Waals surface area contributed by atoms with Crippen molar-refractivity contribution in [3.63, 3.8) is 0 Å². The van der Waals surface area contributed by atoms with Crippen LogP contribution in [0.5, 0.6) is 0 Å². The Morgan fingerprint density at radius 1 is 1.19 bits per heavy atom. The van der Waals surface area contributed by atoms with Gasteiger partial charge in [0.05, 0.1) is 5.69 Å². The van der Waals surface area contributed by atoms with Gasteiger partial charge in [0.15, 0.2) is 0 Å². The molecule has 1 saturated heterocycles. The second kappa shape index (κ2) is 7.75. The Morgan fingerprint density at radius 2 is 2.00 bits per heavy atom. The molecule has 31 heavy (non-hydrogen) atoms. The van der Waals surface area contributed by atoms with Crippen molar-refractivity contribution in [2.45, 2.75) is 25.8 Å². The molecular weight excluding hydrogens is 396 g/mol. The lowest BCUT2D eigenvalue weighted by Gasteiger charge is -2.30. The summed E-state index contributed by atoms with van der Waals surface area (Å²) in [4.78, 5) is 26.4. The average Bonchev–Trinajstić information content (AvgIpc) is 3.36. The number of aromatic nitrogens is 4. The van der Waals surface area contributed by atoms with Crippen LogP contribution in [0.1, 0.15) is 18.4 Å². The summed E-state index contributed by atoms with van der Waals surface area (Å²) in [5.74, 6) is 1.02. The number of hydrogen-bond acceptors (Lipinski definition) is 6. The van der Waals surface area contributed by atoms with Gasteiger partial charge in [-0.25, -0.2) is 14.8 Å². The van der Waals surface area contributed by atoms with E-state index in [2.05, 4.69) is 23.3 Å². The van der Waals surface area contributed by atoms with Gasteiger partial charge in [0, 0.05) is 37.1 Å². The van der Waals surface area contributed by atoms with E-state index in [-0.39, 0.29) is 6.04 Å². The Morgan fingerprint density at radius 3 is 2.77 bits per heavy atom. The lowest BCUT2D eigenvalue weighted by molar-refractivity contribution is 0.133. The number of nitrogens with zero attached hydrogens (tertiary/aromatic N) is 5. The van der Waals surface area contributed by atoms with Crippen LogP contribution in [0, 0.1) is 6.92 Å². The predicted octanol–water partition coefficient (Wildman–Crippen LogP) is 3.91. The standard InChI is InChI=1S/C22H22N6O3/c1-14-4-2-3-5-16(14)18-19(28-12-13-31-21(28)26-18)17-6-9-23-20(25-17)24-15-7-10-27(11-8-15)22(29)30/h2-6,9,12-13,15H,7-8,10-11H2,1H3,(H,29,30)(H,23,24,25). The van der Waals surface area contributed by atoms with Crippen LogP contribution in [0.25, 0.3) is 28.5 Å². The number of nitrogens with one attached hydrogen (secondary N) is 1. The number of imidazole rings is 1. The van der Waals surface area contributed by atoms with Gasteiger partial charge in [-0.15, -0.1) is 0 Å². The van der Waals surface area contributed by atoms with E-state index >= 15 is 0 Å². The zero-order valence-corrected chi connectivity index (χ0v) is 17.0. The summed E-state index contributed by atoms with van der Waals surface area (Å²) in [6.07, 6.45) is 5.71. The molecule has 0 spiro atoms. The highest BCUT2D eigenvalue weighted by atomic mass is 16.4. The molecule has 1 aliphatic rings. The highest BCUT2D eigenvalue weighted by Crippen LogP contribution is 2.34. The van der Waals surface area contributed by atoms with E-state index < -0.39 is 6.09 Å². The third kappa shape index (κ3) is 3.58. The molecular formula is C22H22N6O3. The van der Waals surface area contributed by atoms with Gasteiger partial charge in [0.2, 0.25) is 5.95 Å². The first kappa shape index (κ1) is 19.1. The third-order valence-corrected chi connectivity index (χ3v) is 5.66. The number of piperidine rings is 1. The summed E-state index contributed by atoms with van der Waals surface area (Å²) in [6.45, 7) is 3.06. The minimum absolute atomic E-state index is 0.126. The van der Waals surface area contributed by atoms with E-state index in [0.29, 0.717) is 37.7 Å². The van der Waals surface area contributed by atoms with Crippen LogP contribution in [0.15, 0.2) is 53.4 Å². The van der Waals surface area contributed by atoms with Crippen molar-refractivity contribution >= 4 is 17.9 Å². The highest BCUT2D eigenvalue weighted by Gasteiger charge is 2.24. The molecule has 0 unspecified atom stereocenters. The summed E-state index contributed by atoms with van der Waals surface area (Å²) in [5, 5.41) is 12.5. The molecule has 158 valence electrons. The number of fused-ring (bicyclic) bond motifs is 1. The van der Waals surface area contributed by atoms with Crippen molar-refractivity contribution in [3.8, 4) is 22.6 Å². The van der Waals surface area contributed by atoms with Gasteiger partial charge in [-0.2, -0.15) is 4.98 Å². The van der Waals surface area contributed by atoms with Crippen molar-refractivity contribution < 1.29 is 14.3 Å². The molecule has 9 nitrogen and oxygen atoms in total. The van der Waals surface area contributed by atoms with Crippen LogP contribution >= 0.6 is 0 Å². The van der Waals surface area contributed by atoms with Crippen molar-refractivity contribution in [3.05, 3.63) is 54.6 Å². The van der Waals surface area contributed by atoms with Gasteiger partial charge in [0.25, 0.3) is 0 Å². The quantitative estimate of drug-likeness (QED) is 0.517. The fourth-order valence-corrected chi connectivity index (χ4v) is 4.01. The van der Waals surface area contributed by atoms with Gasteiger partial charge >= 0.3 is 11.9 Å². The molecule has 4 heterocycles. The summed E-state index contributed by atoms with van der Waals surface area (Å²) in [7, 11) is 0. The fraction of sp³-hybridized carbons (Fsp3) is 0.273. The van der Waals surface area contributed by atoms with Gasteiger partial charge in [-0.1, -0.05) is 24.3 Å². The number of amides is 1. The molecule has 4 aromatic rings. The molecule has 9 heteroatoms. The molecule has 0 bridgehead atoms. The number of carbonyl (C=O) groups is 1. The third-order valence-electron chi connectivity index (χ3n) is 5.66. The van der Waals surface area contributed by atoms with E-state index in [9.17, 15) is 4.79 Å². The molecule has 1 fully saturated rings. The van der Waals surface area contributed by atoms with E-state index in [1.54, 1.807) is 12.5 Å². The van der Waals surface area contributed by atoms with Gasteiger partial charge in [0.1, 0.15) is 17.7 Å². The number of aryl methyl sites for hydroxylation is 1. The lowest BCUT2D eigenvalue weighted by Crippen LogP contribution is -2.41. The molecule has 1 aliphatic heterocycles. The SMILES string of the molecule is Cc1ccccc1-c1nc2occn2c1-c1ccnc(NC2CCN(C(=O)O)CC2)n1. The van der Waals surface area contributed by atoms with E-state index in [0.717, 1.165) is 28.2 Å². The molecule has 0 radical (unpaired) electrons. The first-order valence-electron chi connectivity index (χ1n) is 10.2. The first-order valence-corrected chi connectivity index (χ1v) is 10.2. The zero-order chi connectivity index (χ0) is 21.4. The number of rotatable bonds is 4. The van der Waals surface area contributed by atoms with E-state index in [1.165, 1.54) is 4.90 Å². The normalized spacial score (nSPS) is 14.8. The summed E-state index contributed by atoms with van der Waals surface area (Å²) in [6, 6.07) is 10.1. The zero-order valence-electron chi connectivity index (χ0n) is 17.0. The Labute approximate surface area is 178 Å². The summed E-state index contributed by atoms with van der Waals surface area (Å²) >= 11 is 0. The molecule has 1 amide bonds. The van der Waals surface area contributed by atoms with Crippen LogP contribution in [0.2, 0.25) is 0 Å². The van der Waals surface area contributed by atoms with Crippen molar-refractivity contribution in [2.24, 2.45) is 0 Å². The van der Waals surface area contributed by atoms with Crippen LogP contribution in [-0.2, 0) is 0 Å². The minimum atomic E-state index is -0.870. The molecule has 0 aliphatic carbocycles. The monoisotopic (exact) mass is 418 g/mol. The van der Waals surface area contributed by atoms with E-state index in [1.807, 2.05) is 34.9 Å². The fourth-order valence-electron chi connectivity index (χ4n) is 4.01. The van der Waals surface area contributed by atoms with Crippen molar-refractivity contribution in [2.75, 3.05) is 18.4 Å². The lowest BCUT2D eigenvalue weighted by atomic mass is 10.0. The first-order chi connectivity index (χ1) is 15.1. The summed E-state index contributed by atoms with van der Waals surface area (Å²) < 4.78 is 7.43. The van der Waals surface area contributed by atoms with Crippen LogP contribution in [0.3, 0.4) is 0 Å². The van der Waals surface area contributed by atoms with Gasteiger partial charge < -0.3 is 19.7 Å². The van der Waals surface area contributed by atoms with Crippen LogP contribution in [-0.4, -0.2) is 54.6 Å². The Hall–Kier alpha value is -3.88. The molecule has 0 atom stereocenters. The van der Waals surface area contributed by atoms with Crippen LogP contribution in [0.4, 0.5) is 10.7 Å². The average molecular weight is 418 g/mol. The Kier molecular flexibility index (Phi) is 4.78. The Balaban J connectivity index is 1.48. The number of carboxylic acid groups (broad SMARTS) is 1. The minimum Gasteiger partial charge on any atom is -0.465 e. The smallest absolute Gasteiger partial charge is 0.407 e. The molecule has 0 saturated carbocycles. The number of hydrogen-bond donors (Lipinski definition) is 2. The largest absolute Gasteiger partial charge is 0.465 e. The van der Waals surface area contributed by atoms with Crippen molar-refractivity contribution in [1.29, 1.82) is 0 Å². The summed E-state index contributed by atoms with van der Waals surface area (Å²) in [5.41, 5.74) is 4.50. The molecule has 5 rings (SSSR count).